The maximum absolute atomic E-state index is 11.8. The molecule has 0 saturated heterocycles. The van der Waals surface area contributed by atoms with Crippen molar-refractivity contribution in [2.75, 3.05) is 19.8 Å². The zero-order valence-electron chi connectivity index (χ0n) is 25.6. The summed E-state index contributed by atoms with van der Waals surface area (Å²) in [7, 11) is 0. The number of hydrazine groups is 1. The molecule has 230 valence electrons. The highest BCUT2D eigenvalue weighted by molar-refractivity contribution is 5.94. The molecule has 9 heteroatoms. The number of nitrogen functional groups attached to an aromatic ring is 1. The fourth-order valence-electron chi connectivity index (χ4n) is 4.49. The fourth-order valence-corrected chi connectivity index (χ4v) is 4.49. The number of rotatable bonds is 21. The second-order valence-corrected chi connectivity index (χ2v) is 10.5. The van der Waals surface area contributed by atoms with E-state index in [9.17, 15) is 4.79 Å². The van der Waals surface area contributed by atoms with Gasteiger partial charge in [0.1, 0.15) is 0 Å². The van der Waals surface area contributed by atoms with Gasteiger partial charge >= 0.3 is 0 Å². The van der Waals surface area contributed by atoms with Crippen LogP contribution in [0.2, 0.25) is 0 Å². The van der Waals surface area contributed by atoms with Crippen LogP contribution in [0.15, 0.2) is 40.8 Å². The average Bonchev–Trinajstić information content (AvgIpc) is 3.51. The topological polar surface area (TPSA) is 122 Å². The van der Waals surface area contributed by atoms with Gasteiger partial charge in [0.15, 0.2) is 11.5 Å². The van der Waals surface area contributed by atoms with E-state index in [1.54, 1.807) is 24.3 Å². The minimum atomic E-state index is -0.370. The van der Waals surface area contributed by atoms with Crippen molar-refractivity contribution in [2.24, 2.45) is 5.84 Å². The van der Waals surface area contributed by atoms with Crippen molar-refractivity contribution in [1.29, 1.82) is 0 Å². The predicted octanol–water partition coefficient (Wildman–Crippen LogP) is 7.88. The highest BCUT2D eigenvalue weighted by Crippen LogP contribution is 2.42. The number of carbonyl (C=O) groups is 1. The number of nitrogens with two attached hydrogens (primary N) is 1. The molecule has 3 aromatic rings. The molecule has 0 aliphatic carbocycles. The maximum Gasteiger partial charge on any atom is 0.265 e. The van der Waals surface area contributed by atoms with Crippen LogP contribution in [0.3, 0.4) is 0 Å². The SMILES string of the molecule is CCCCCCOc1cc(-c2nnc(-c3ccc(C(=O)NN)cc3)o2)cc(OCCCCCC)c1OCCCCCC. The molecule has 0 bridgehead atoms. The van der Waals surface area contributed by atoms with Gasteiger partial charge < -0.3 is 18.6 Å². The molecule has 42 heavy (non-hydrogen) atoms. The van der Waals surface area contributed by atoms with Crippen LogP contribution in [0.4, 0.5) is 0 Å². The summed E-state index contributed by atoms with van der Waals surface area (Å²) in [5.41, 5.74) is 3.95. The molecule has 0 atom stereocenters. The highest BCUT2D eigenvalue weighted by atomic mass is 16.5. The highest BCUT2D eigenvalue weighted by Gasteiger charge is 2.20. The van der Waals surface area contributed by atoms with Gasteiger partial charge in [0.2, 0.25) is 17.5 Å². The molecule has 2 aromatic carbocycles. The van der Waals surface area contributed by atoms with Crippen LogP contribution in [-0.2, 0) is 0 Å². The quantitative estimate of drug-likeness (QED) is 0.0565. The number of aromatic nitrogens is 2. The standard InChI is InChI=1S/C33H48N4O5/c1-4-7-10-13-20-39-28-23-27(33-37-36-32(42-33)26-18-16-25(17-19-26)31(38)35-34)24-29(40-21-14-11-8-5-2)30(28)41-22-15-12-9-6-3/h16-19,23-24H,4-15,20-22,34H2,1-3H3,(H,35,38). The van der Waals surface area contributed by atoms with E-state index in [4.69, 9.17) is 24.5 Å². The van der Waals surface area contributed by atoms with Crippen molar-refractivity contribution in [1.82, 2.24) is 15.6 Å². The Morgan fingerprint density at radius 3 is 1.64 bits per heavy atom. The lowest BCUT2D eigenvalue weighted by atomic mass is 10.1. The lowest BCUT2D eigenvalue weighted by Gasteiger charge is -2.18. The predicted molar refractivity (Wildman–Crippen MR) is 166 cm³/mol. The van der Waals surface area contributed by atoms with Crippen LogP contribution < -0.4 is 25.5 Å². The Balaban J connectivity index is 1.89. The smallest absolute Gasteiger partial charge is 0.265 e. The lowest BCUT2D eigenvalue weighted by Crippen LogP contribution is -2.29. The Morgan fingerprint density at radius 2 is 1.17 bits per heavy atom. The Bertz CT molecular complexity index is 1160. The number of nitrogens with zero attached hydrogens (tertiary/aromatic N) is 2. The summed E-state index contributed by atoms with van der Waals surface area (Å²) in [5.74, 6) is 7.43. The second kappa shape index (κ2) is 18.8. The Labute approximate surface area is 250 Å². The molecule has 0 saturated carbocycles. The van der Waals surface area contributed by atoms with E-state index in [0.717, 1.165) is 38.5 Å². The van der Waals surface area contributed by atoms with Crippen molar-refractivity contribution >= 4 is 5.91 Å². The van der Waals surface area contributed by atoms with Crippen molar-refractivity contribution < 1.29 is 23.4 Å². The summed E-state index contributed by atoms with van der Waals surface area (Å²) in [6, 6.07) is 10.6. The maximum atomic E-state index is 11.8. The first-order chi connectivity index (χ1) is 20.6. The first-order valence-corrected chi connectivity index (χ1v) is 15.6. The molecule has 0 aliphatic rings. The Hall–Kier alpha value is -3.59. The zero-order valence-corrected chi connectivity index (χ0v) is 25.6. The first kappa shape index (κ1) is 32.9. The summed E-state index contributed by atoms with van der Waals surface area (Å²) in [5, 5.41) is 8.57. The summed E-state index contributed by atoms with van der Waals surface area (Å²) in [6.45, 7) is 8.37. The van der Waals surface area contributed by atoms with Crippen LogP contribution in [0.1, 0.15) is 108 Å². The molecule has 0 unspecified atom stereocenters. The summed E-state index contributed by atoms with van der Waals surface area (Å²) < 4.78 is 25.0. The number of benzene rings is 2. The monoisotopic (exact) mass is 580 g/mol. The molecule has 1 heterocycles. The van der Waals surface area contributed by atoms with Gasteiger partial charge in [-0.15, -0.1) is 10.2 Å². The number of amides is 1. The summed E-state index contributed by atoms with van der Waals surface area (Å²) in [4.78, 5) is 11.8. The third-order valence-electron chi connectivity index (χ3n) is 6.97. The van der Waals surface area contributed by atoms with Crippen LogP contribution >= 0.6 is 0 Å². The molecular formula is C33H48N4O5. The number of hydrogen-bond donors (Lipinski definition) is 2. The lowest BCUT2D eigenvalue weighted by molar-refractivity contribution is 0.0953. The van der Waals surface area contributed by atoms with Gasteiger partial charge in [-0.1, -0.05) is 78.6 Å². The number of unbranched alkanes of at least 4 members (excludes halogenated alkanes) is 9. The Kier molecular flexibility index (Phi) is 14.7. The normalized spacial score (nSPS) is 11.0. The second-order valence-electron chi connectivity index (χ2n) is 10.5. The van der Waals surface area contributed by atoms with Gasteiger partial charge in [0, 0.05) is 16.7 Å². The van der Waals surface area contributed by atoms with Crippen molar-refractivity contribution in [2.45, 2.75) is 97.8 Å². The minimum absolute atomic E-state index is 0.338. The number of hydrogen-bond acceptors (Lipinski definition) is 8. The van der Waals surface area contributed by atoms with E-state index in [1.807, 2.05) is 12.1 Å². The minimum Gasteiger partial charge on any atom is -0.490 e. The molecule has 9 nitrogen and oxygen atoms in total. The summed E-state index contributed by atoms with van der Waals surface area (Å²) >= 11 is 0. The van der Waals surface area contributed by atoms with Crippen molar-refractivity contribution in [3.63, 3.8) is 0 Å². The van der Waals surface area contributed by atoms with Gasteiger partial charge in [0.25, 0.3) is 5.91 Å². The van der Waals surface area contributed by atoms with Crippen LogP contribution in [-0.4, -0.2) is 35.9 Å². The van der Waals surface area contributed by atoms with E-state index < -0.39 is 0 Å². The zero-order chi connectivity index (χ0) is 30.0. The molecule has 1 aromatic heterocycles. The van der Waals surface area contributed by atoms with E-state index in [0.29, 0.717) is 65.5 Å². The third kappa shape index (κ3) is 10.4. The number of nitrogens with one attached hydrogen (secondary N) is 1. The average molecular weight is 581 g/mol. The van der Waals surface area contributed by atoms with E-state index >= 15 is 0 Å². The van der Waals surface area contributed by atoms with E-state index in [2.05, 4.69) is 36.4 Å². The molecule has 1 amide bonds. The third-order valence-corrected chi connectivity index (χ3v) is 6.97. The molecule has 0 aliphatic heterocycles. The van der Waals surface area contributed by atoms with Crippen LogP contribution in [0.5, 0.6) is 17.2 Å². The van der Waals surface area contributed by atoms with Gasteiger partial charge in [-0.05, 0) is 55.7 Å². The van der Waals surface area contributed by atoms with Crippen LogP contribution in [0.25, 0.3) is 22.9 Å². The largest absolute Gasteiger partial charge is 0.490 e. The number of carbonyl (C=O) groups excluding carboxylic acids is 1. The molecule has 0 spiro atoms. The molecule has 0 fully saturated rings. The van der Waals surface area contributed by atoms with Crippen molar-refractivity contribution in [3.05, 3.63) is 42.0 Å². The first-order valence-electron chi connectivity index (χ1n) is 15.6. The molecule has 3 N–H and O–H groups in total. The summed E-state index contributed by atoms with van der Waals surface area (Å²) in [6.07, 6.45) is 13.3. The van der Waals surface area contributed by atoms with Gasteiger partial charge in [-0.3, -0.25) is 10.2 Å². The Morgan fingerprint density at radius 1 is 0.690 bits per heavy atom. The molecule has 3 rings (SSSR count). The van der Waals surface area contributed by atoms with Gasteiger partial charge in [-0.2, -0.15) is 0 Å². The molecular weight excluding hydrogens is 532 g/mol. The number of ether oxygens (including phenoxy) is 3. The van der Waals surface area contributed by atoms with E-state index in [-0.39, 0.29) is 5.91 Å². The van der Waals surface area contributed by atoms with Gasteiger partial charge in [-0.25, -0.2) is 5.84 Å². The van der Waals surface area contributed by atoms with Crippen LogP contribution in [0, 0.1) is 0 Å². The van der Waals surface area contributed by atoms with Crippen molar-refractivity contribution in [3.8, 4) is 40.2 Å². The van der Waals surface area contributed by atoms with E-state index in [1.165, 1.54) is 38.5 Å². The molecule has 0 radical (unpaired) electrons. The fraction of sp³-hybridized carbons (Fsp3) is 0.545. The van der Waals surface area contributed by atoms with Gasteiger partial charge in [0.05, 0.1) is 19.8 Å².